The molecule has 2 saturated carbocycles. The summed E-state index contributed by atoms with van der Waals surface area (Å²) in [7, 11) is -1.80. The number of alkyl halides is 6. The predicted octanol–water partition coefficient (Wildman–Crippen LogP) is 9.48. The van der Waals surface area contributed by atoms with Crippen LogP contribution in [0.5, 0.6) is 11.8 Å². The van der Waals surface area contributed by atoms with E-state index in [4.69, 9.17) is 37.4 Å². The molecule has 2 aliphatic carbocycles. The molecule has 0 N–H and O–H groups in total. The average Bonchev–Trinajstić information content (AvgIpc) is 3.50. The molecule has 2 aromatic heterocycles. The molecule has 10 nitrogen and oxygen atoms in total. The zero-order chi connectivity index (χ0) is 45.3. The molecule has 3 saturated heterocycles. The Bertz CT molecular complexity index is 1800. The van der Waals surface area contributed by atoms with Gasteiger partial charge in [0.15, 0.2) is 11.6 Å². The molecular weight excluding hydrogens is 877 g/mol. The van der Waals surface area contributed by atoms with Gasteiger partial charge >= 0.3 is 33.5 Å². The number of hydrogen-bond donors (Lipinski definition) is 0. The van der Waals surface area contributed by atoms with Crippen LogP contribution in [0.3, 0.4) is 0 Å². The average molecular weight is 929 g/mol. The number of hydrogen-bond acceptors (Lipinski definition) is 10. The summed E-state index contributed by atoms with van der Waals surface area (Å²) in [5.74, 6) is -3.14. The van der Waals surface area contributed by atoms with Gasteiger partial charge in [-0.2, -0.15) is 26.3 Å². The highest BCUT2D eigenvalue weighted by Gasteiger charge is 2.65. The fourth-order valence-corrected chi connectivity index (χ4v) is 6.66. The van der Waals surface area contributed by atoms with Gasteiger partial charge in [-0.1, -0.05) is 0 Å². The first-order valence-electron chi connectivity index (χ1n) is 19.6. The van der Waals surface area contributed by atoms with E-state index < -0.39 is 79.3 Å². The number of halogens is 9. The van der Waals surface area contributed by atoms with Crippen LogP contribution in [0.4, 0.5) is 35.1 Å². The van der Waals surface area contributed by atoms with Gasteiger partial charge in [-0.3, -0.25) is 0 Å². The van der Waals surface area contributed by atoms with Gasteiger partial charge in [-0.15, -0.1) is 0 Å². The van der Waals surface area contributed by atoms with Gasteiger partial charge in [0.1, 0.15) is 0 Å². The summed E-state index contributed by atoms with van der Waals surface area (Å²) in [6.07, 6.45) is -6.57. The fraction of sp³-hybridized carbons (Fsp3) is 0.737. The van der Waals surface area contributed by atoms with Crippen LogP contribution in [0.2, 0.25) is 0 Å². The molecule has 0 unspecified atom stereocenters. The number of aromatic nitrogens is 2. The molecule has 0 atom stereocenters. The SMILES string of the molecule is CC1(C)OB(B2OC(C)(C)C(C)(C)O2)OC1(C)C.CC1(C)OB(c2cnc(OC3(C(F)(F)F)CCC3)c(F)c2)OC1(C)C.Fc1cc(Br)cnc1OC1(C(F)(F)F)CCC1. The maximum absolute atomic E-state index is 14.3. The Hall–Kier alpha value is -2.23. The number of rotatable bonds is 6. The van der Waals surface area contributed by atoms with E-state index in [1.165, 1.54) is 12.4 Å². The van der Waals surface area contributed by atoms with E-state index in [0.29, 0.717) is 17.3 Å². The lowest BCUT2D eigenvalue weighted by atomic mass is 9.49. The number of pyridine rings is 2. The maximum atomic E-state index is 14.3. The molecule has 2 aromatic rings. The van der Waals surface area contributed by atoms with Crippen molar-refractivity contribution in [2.75, 3.05) is 0 Å². The van der Waals surface area contributed by atoms with Crippen LogP contribution in [0.15, 0.2) is 29.0 Å². The third kappa shape index (κ3) is 9.49. The van der Waals surface area contributed by atoms with Crippen molar-refractivity contribution in [3.05, 3.63) is 40.6 Å². The molecule has 3 aliphatic heterocycles. The van der Waals surface area contributed by atoms with Gasteiger partial charge < -0.3 is 37.4 Å². The summed E-state index contributed by atoms with van der Waals surface area (Å²) in [4.78, 5) is 7.26. The van der Waals surface area contributed by atoms with Crippen molar-refractivity contribution in [2.45, 2.75) is 179 Å². The van der Waals surface area contributed by atoms with Crippen LogP contribution in [-0.4, -0.2) is 88.3 Å². The van der Waals surface area contributed by atoms with Gasteiger partial charge in [0, 0.05) is 22.3 Å². The second-order valence-electron chi connectivity index (χ2n) is 18.7. The lowest BCUT2D eigenvalue weighted by Crippen LogP contribution is -2.55. The lowest BCUT2D eigenvalue weighted by molar-refractivity contribution is -0.275. The minimum atomic E-state index is -4.57. The fourth-order valence-electron chi connectivity index (χ4n) is 6.35. The van der Waals surface area contributed by atoms with E-state index in [1.807, 2.05) is 83.1 Å². The van der Waals surface area contributed by atoms with Crippen LogP contribution in [0.1, 0.15) is 122 Å². The molecule has 0 spiro atoms. The Balaban J connectivity index is 0.000000175. The van der Waals surface area contributed by atoms with Crippen LogP contribution in [-0.2, 0) is 27.9 Å². The Kier molecular flexibility index (Phi) is 13.1. The van der Waals surface area contributed by atoms with Gasteiger partial charge in [0.05, 0.1) is 33.6 Å². The van der Waals surface area contributed by atoms with Crippen molar-refractivity contribution in [2.24, 2.45) is 0 Å². The van der Waals surface area contributed by atoms with Crippen LogP contribution >= 0.6 is 15.9 Å². The molecule has 0 aromatic carbocycles. The molecule has 60 heavy (non-hydrogen) atoms. The molecule has 0 radical (unpaired) electrons. The Labute approximate surface area is 355 Å². The summed E-state index contributed by atoms with van der Waals surface area (Å²) in [6.45, 7) is 23.6. The molecule has 0 amide bonds. The smallest absolute Gasteiger partial charge is 0.459 e. The molecule has 5 aliphatic rings. The van der Waals surface area contributed by atoms with Crippen molar-refractivity contribution in [1.29, 1.82) is 0 Å². The highest BCUT2D eigenvalue weighted by Crippen LogP contribution is 2.50. The first-order chi connectivity index (χ1) is 27.1. The van der Waals surface area contributed by atoms with E-state index in [2.05, 4.69) is 25.9 Å². The van der Waals surface area contributed by atoms with Gasteiger partial charge in [-0.25, -0.2) is 18.7 Å². The van der Waals surface area contributed by atoms with Crippen LogP contribution in [0, 0.1) is 11.6 Å². The minimum absolute atomic E-state index is 0.159. The van der Waals surface area contributed by atoms with Crippen LogP contribution in [0.25, 0.3) is 0 Å². The van der Waals surface area contributed by atoms with Gasteiger partial charge in [0.25, 0.3) is 11.8 Å². The van der Waals surface area contributed by atoms with Crippen LogP contribution < -0.4 is 14.9 Å². The van der Waals surface area contributed by atoms with E-state index >= 15 is 0 Å². The molecule has 22 heteroatoms. The molecule has 7 rings (SSSR count). The summed E-state index contributed by atoms with van der Waals surface area (Å²) in [5, 5.41) is 0. The minimum Gasteiger partial charge on any atom is -0.459 e. The Morgan fingerprint density at radius 2 is 0.850 bits per heavy atom. The van der Waals surface area contributed by atoms with Crippen molar-refractivity contribution in [1.82, 2.24) is 9.97 Å². The van der Waals surface area contributed by atoms with E-state index in [-0.39, 0.29) is 53.6 Å². The summed E-state index contributed by atoms with van der Waals surface area (Å²) in [6, 6.07) is 2.07. The van der Waals surface area contributed by atoms with Gasteiger partial charge in [-0.05, 0) is 150 Å². The molecule has 5 heterocycles. The van der Waals surface area contributed by atoms with Crippen molar-refractivity contribution >= 4 is 42.5 Å². The highest BCUT2D eigenvalue weighted by molar-refractivity contribution is 9.10. The normalized spacial score (nSPS) is 24.9. The quantitative estimate of drug-likeness (QED) is 0.206. The van der Waals surface area contributed by atoms with Crippen molar-refractivity contribution in [3.8, 4) is 11.8 Å². The van der Waals surface area contributed by atoms with E-state index in [9.17, 15) is 35.1 Å². The second-order valence-corrected chi connectivity index (χ2v) is 19.6. The van der Waals surface area contributed by atoms with Crippen molar-refractivity contribution in [3.63, 3.8) is 0 Å². The maximum Gasteiger partial charge on any atom is 0.496 e. The largest absolute Gasteiger partial charge is 0.496 e. The Morgan fingerprint density at radius 1 is 0.533 bits per heavy atom. The monoisotopic (exact) mass is 928 g/mol. The van der Waals surface area contributed by atoms with E-state index in [0.717, 1.165) is 12.1 Å². The van der Waals surface area contributed by atoms with Gasteiger partial charge in [0.2, 0.25) is 11.2 Å². The highest BCUT2D eigenvalue weighted by atomic mass is 79.9. The number of nitrogens with zero attached hydrogens (tertiary/aromatic N) is 2. The summed E-state index contributed by atoms with van der Waals surface area (Å²) < 4.78 is 151. The topological polar surface area (TPSA) is 99.6 Å². The zero-order valence-electron chi connectivity index (χ0n) is 35.8. The molecule has 334 valence electrons. The van der Waals surface area contributed by atoms with Crippen molar-refractivity contribution < 1.29 is 72.5 Å². The first-order valence-corrected chi connectivity index (χ1v) is 20.4. The molecular formula is C38H52B3BrF8N2O8. The summed E-state index contributed by atoms with van der Waals surface area (Å²) in [5.41, 5.74) is -6.99. The second kappa shape index (κ2) is 16.1. The number of ether oxygens (including phenoxy) is 2. The summed E-state index contributed by atoms with van der Waals surface area (Å²) >= 11 is 2.97. The Morgan fingerprint density at radius 3 is 1.13 bits per heavy atom. The third-order valence-corrected chi connectivity index (χ3v) is 13.3. The van der Waals surface area contributed by atoms with E-state index in [1.54, 1.807) is 0 Å². The first kappa shape index (κ1) is 48.8. The lowest BCUT2D eigenvalue weighted by Gasteiger charge is -2.42. The predicted molar refractivity (Wildman–Crippen MR) is 210 cm³/mol. The third-order valence-electron chi connectivity index (χ3n) is 12.8. The standard InChI is InChI=1S/C16H20BF4NO3.C12H24B2O4.C10H8BrF4NO/c1-13(2)14(3,4)25-17(24-13)10-8-11(18)12(22-9-10)23-15(6-5-7-15)16(19,20)21;1-9(2)10(3,4)16-13(15-9)14-17-11(5,6)12(7,8)18-14;11-6-4-7(12)8(16-5-6)17-9(2-1-3-9)10(13,14)15/h8-9H,5-7H2,1-4H3;1-8H3;4-5H,1-3H2. The molecule has 0 bridgehead atoms. The molecule has 5 fully saturated rings. The zero-order valence-corrected chi connectivity index (χ0v) is 37.4.